The SMILES string of the molecule is C=CCc1ccc(/N=C(/C)c2cccc(/C(C)=N\c3c(C(C)C)cc(CC=C)cc3C(C)C)n2)cc1.[Cl-].[Cl-].[Co+2]. The number of benzene rings is 2. The summed E-state index contributed by atoms with van der Waals surface area (Å²) in [7, 11) is 0. The first-order chi connectivity index (χ1) is 17.2. The Morgan fingerprint density at radius 1 is 0.744 bits per heavy atom. The second kappa shape index (κ2) is 17.2. The van der Waals surface area contributed by atoms with E-state index in [9.17, 15) is 0 Å². The average molecular weight is 608 g/mol. The molecule has 6 heteroatoms. The maximum absolute atomic E-state index is 5.16. The Morgan fingerprint density at radius 2 is 1.21 bits per heavy atom. The van der Waals surface area contributed by atoms with Gasteiger partial charge in [-0.25, -0.2) is 4.98 Å². The number of pyridine rings is 1. The molecule has 1 heterocycles. The summed E-state index contributed by atoms with van der Waals surface area (Å²) in [4.78, 5) is 14.9. The van der Waals surface area contributed by atoms with Gasteiger partial charge in [0.15, 0.2) is 0 Å². The second-order valence-electron chi connectivity index (χ2n) is 9.89. The van der Waals surface area contributed by atoms with E-state index in [2.05, 4.69) is 65.1 Å². The molecule has 0 spiro atoms. The summed E-state index contributed by atoms with van der Waals surface area (Å²) in [5.41, 5.74) is 10.5. The van der Waals surface area contributed by atoms with Crippen LogP contribution in [0.2, 0.25) is 0 Å². The maximum atomic E-state index is 5.16. The number of rotatable bonds is 10. The molecule has 0 aliphatic carbocycles. The van der Waals surface area contributed by atoms with Crippen molar-refractivity contribution >= 4 is 22.8 Å². The molecule has 0 aliphatic heterocycles. The van der Waals surface area contributed by atoms with Crippen LogP contribution < -0.4 is 24.8 Å². The van der Waals surface area contributed by atoms with Crippen LogP contribution in [0.4, 0.5) is 11.4 Å². The number of halogens is 2. The van der Waals surface area contributed by atoms with Crippen molar-refractivity contribution in [3.05, 3.63) is 114 Å². The van der Waals surface area contributed by atoms with Gasteiger partial charge in [-0.2, -0.15) is 0 Å². The predicted molar refractivity (Wildman–Crippen MR) is 157 cm³/mol. The molecule has 39 heavy (non-hydrogen) atoms. The summed E-state index contributed by atoms with van der Waals surface area (Å²) in [6.45, 7) is 20.7. The summed E-state index contributed by atoms with van der Waals surface area (Å²) >= 11 is 0. The van der Waals surface area contributed by atoms with E-state index in [-0.39, 0.29) is 41.6 Å². The average Bonchev–Trinajstić information content (AvgIpc) is 2.86. The van der Waals surface area contributed by atoms with Gasteiger partial charge >= 0.3 is 16.8 Å². The molecule has 0 fully saturated rings. The van der Waals surface area contributed by atoms with E-state index in [1.807, 2.05) is 56.3 Å². The molecule has 209 valence electrons. The van der Waals surface area contributed by atoms with Gasteiger partial charge < -0.3 is 24.8 Å². The summed E-state index contributed by atoms with van der Waals surface area (Å²) < 4.78 is 0. The molecular formula is C33H39Cl2CoN3. The fraction of sp³-hybridized carbons (Fsp3) is 0.303. The third kappa shape index (κ3) is 9.88. The monoisotopic (exact) mass is 606 g/mol. The maximum Gasteiger partial charge on any atom is 2.00 e. The van der Waals surface area contributed by atoms with Gasteiger partial charge in [0.25, 0.3) is 0 Å². The first kappa shape index (κ1) is 36.5. The Labute approximate surface area is 258 Å². The van der Waals surface area contributed by atoms with E-state index in [0.29, 0.717) is 11.8 Å². The van der Waals surface area contributed by atoms with Crippen molar-refractivity contribution in [3.8, 4) is 0 Å². The minimum absolute atomic E-state index is 0. The molecular weight excluding hydrogens is 568 g/mol. The quantitative estimate of drug-likeness (QED) is 0.258. The number of aliphatic imine (C=N–C) groups is 2. The van der Waals surface area contributed by atoms with Gasteiger partial charge in [-0.1, -0.05) is 70.2 Å². The zero-order valence-electron chi connectivity index (χ0n) is 23.8. The Bertz CT molecular complexity index is 1260. The summed E-state index contributed by atoms with van der Waals surface area (Å²) in [5.74, 6) is 0.732. The topological polar surface area (TPSA) is 37.6 Å². The minimum Gasteiger partial charge on any atom is -1.00 e. The van der Waals surface area contributed by atoms with Crippen molar-refractivity contribution in [2.45, 2.75) is 66.2 Å². The zero-order valence-corrected chi connectivity index (χ0v) is 26.3. The summed E-state index contributed by atoms with van der Waals surface area (Å²) in [6.07, 6.45) is 5.60. The largest absolute Gasteiger partial charge is 2.00 e. The van der Waals surface area contributed by atoms with E-state index >= 15 is 0 Å². The smallest absolute Gasteiger partial charge is 1.00 e. The van der Waals surface area contributed by atoms with Gasteiger partial charge in [0, 0.05) is 0 Å². The van der Waals surface area contributed by atoms with Crippen molar-refractivity contribution in [3.63, 3.8) is 0 Å². The van der Waals surface area contributed by atoms with Gasteiger partial charge in [0.05, 0.1) is 34.2 Å². The standard InChI is InChI=1S/C33H39N3.2ClH.Co/c1-9-12-26-16-18-28(19-17-26)34-24(7)31-14-11-15-32(36-31)25(8)35-33-29(22(3)4)20-27(13-10-2)21-30(33)23(5)6;;;/h9-11,14-23H,1-2,12-13H2,3-8H3;2*1H;/q;;;+2/p-2/b34-24-,35-25-;;;. The molecule has 0 amide bonds. The molecule has 0 saturated heterocycles. The van der Waals surface area contributed by atoms with Gasteiger partial charge in [-0.15, -0.1) is 13.2 Å². The van der Waals surface area contributed by atoms with E-state index in [1.165, 1.54) is 22.3 Å². The van der Waals surface area contributed by atoms with E-state index in [0.717, 1.165) is 47.0 Å². The van der Waals surface area contributed by atoms with Crippen LogP contribution in [-0.4, -0.2) is 16.4 Å². The molecule has 0 unspecified atom stereocenters. The summed E-state index contributed by atoms with van der Waals surface area (Å²) in [5, 5.41) is 0. The molecule has 3 nitrogen and oxygen atoms in total. The van der Waals surface area contributed by atoms with E-state index in [4.69, 9.17) is 15.0 Å². The van der Waals surface area contributed by atoms with Crippen LogP contribution in [0, 0.1) is 0 Å². The molecule has 1 radical (unpaired) electrons. The third-order valence-corrected chi connectivity index (χ3v) is 6.24. The second-order valence-corrected chi connectivity index (χ2v) is 9.89. The van der Waals surface area contributed by atoms with Crippen LogP contribution in [0.5, 0.6) is 0 Å². The van der Waals surface area contributed by atoms with Crippen molar-refractivity contribution in [2.24, 2.45) is 9.98 Å². The fourth-order valence-corrected chi connectivity index (χ4v) is 4.23. The van der Waals surface area contributed by atoms with Crippen molar-refractivity contribution in [1.82, 2.24) is 4.98 Å². The molecule has 2 aromatic carbocycles. The number of nitrogens with zero attached hydrogens (tertiary/aromatic N) is 3. The number of aromatic nitrogens is 1. The van der Waals surface area contributed by atoms with Crippen LogP contribution in [0.1, 0.15) is 87.0 Å². The summed E-state index contributed by atoms with van der Waals surface area (Å²) in [6, 6.07) is 18.9. The van der Waals surface area contributed by atoms with Gasteiger partial charge in [-0.05, 0) is 85.0 Å². The van der Waals surface area contributed by atoms with E-state index < -0.39 is 0 Å². The predicted octanol–water partition coefficient (Wildman–Crippen LogP) is 3.07. The van der Waals surface area contributed by atoms with E-state index in [1.54, 1.807) is 0 Å². The van der Waals surface area contributed by atoms with Crippen molar-refractivity contribution < 1.29 is 41.6 Å². The van der Waals surface area contributed by atoms with Crippen LogP contribution in [0.25, 0.3) is 0 Å². The molecule has 0 atom stereocenters. The van der Waals surface area contributed by atoms with Crippen LogP contribution in [0.15, 0.2) is 89.9 Å². The Morgan fingerprint density at radius 3 is 1.67 bits per heavy atom. The molecule has 0 bridgehead atoms. The molecule has 0 N–H and O–H groups in total. The molecule has 0 aliphatic rings. The number of hydrogen-bond donors (Lipinski definition) is 0. The van der Waals surface area contributed by atoms with Gasteiger partial charge in [-0.3, -0.25) is 9.98 Å². The first-order valence-corrected chi connectivity index (χ1v) is 12.8. The molecule has 3 aromatic rings. The van der Waals surface area contributed by atoms with Gasteiger partial charge in [0.2, 0.25) is 0 Å². The zero-order chi connectivity index (χ0) is 26.2. The minimum atomic E-state index is 0. The third-order valence-electron chi connectivity index (χ3n) is 6.24. The number of allylic oxidation sites excluding steroid dienone is 2. The van der Waals surface area contributed by atoms with Crippen molar-refractivity contribution in [2.75, 3.05) is 0 Å². The van der Waals surface area contributed by atoms with Crippen LogP contribution in [0.3, 0.4) is 0 Å². The van der Waals surface area contributed by atoms with Crippen molar-refractivity contribution in [1.29, 1.82) is 0 Å². The van der Waals surface area contributed by atoms with Gasteiger partial charge in [0.1, 0.15) is 0 Å². The Balaban J connectivity index is 0.00000481. The Kier molecular flexibility index (Phi) is 16.1. The fourth-order valence-electron chi connectivity index (χ4n) is 4.23. The normalized spacial score (nSPS) is 11.4. The first-order valence-electron chi connectivity index (χ1n) is 12.8. The molecule has 3 rings (SSSR count). The van der Waals surface area contributed by atoms with Crippen LogP contribution >= 0.6 is 0 Å². The van der Waals surface area contributed by atoms with Crippen LogP contribution in [-0.2, 0) is 29.6 Å². The Hall–Kier alpha value is -2.50. The number of hydrogen-bond acceptors (Lipinski definition) is 3. The molecule has 0 saturated carbocycles. The molecule has 1 aromatic heterocycles.